The van der Waals surface area contributed by atoms with E-state index in [1.54, 1.807) is 4.90 Å². The molecule has 1 aromatic carbocycles. The molecule has 1 N–H and O–H groups in total. The molecule has 1 saturated heterocycles. The first-order valence-electron chi connectivity index (χ1n) is 11.4. The molecule has 0 radical (unpaired) electrons. The number of hydrogen-bond donors (Lipinski definition) is 1. The van der Waals surface area contributed by atoms with Gasteiger partial charge < -0.3 is 19.1 Å². The Labute approximate surface area is 192 Å². The third kappa shape index (κ3) is 8.69. The first-order valence-corrected chi connectivity index (χ1v) is 11.4. The van der Waals surface area contributed by atoms with E-state index < -0.39 is 17.3 Å². The summed E-state index contributed by atoms with van der Waals surface area (Å²) in [6.45, 7) is 16.2. The molecule has 0 spiro atoms. The van der Waals surface area contributed by atoms with Crippen LogP contribution in [0, 0.1) is 5.92 Å². The van der Waals surface area contributed by atoms with Crippen LogP contribution in [0.2, 0.25) is 0 Å². The maximum Gasteiger partial charge on any atom is 0.412 e. The lowest BCUT2D eigenvalue weighted by atomic mass is 10.0. The van der Waals surface area contributed by atoms with Crippen molar-refractivity contribution in [2.75, 3.05) is 11.9 Å². The van der Waals surface area contributed by atoms with Crippen molar-refractivity contribution in [2.45, 2.75) is 98.2 Å². The number of rotatable bonds is 6. The number of carbonyl (C=O) groups excluding carboxylic acids is 2. The van der Waals surface area contributed by atoms with Crippen LogP contribution < -0.4 is 5.32 Å². The third-order valence-corrected chi connectivity index (χ3v) is 4.88. The fourth-order valence-electron chi connectivity index (χ4n) is 3.70. The average molecular weight is 449 g/mol. The molecule has 2 unspecified atom stereocenters. The lowest BCUT2D eigenvalue weighted by Crippen LogP contribution is -2.40. The normalized spacial score (nSPS) is 19.2. The Morgan fingerprint density at radius 3 is 2.28 bits per heavy atom. The fraction of sp³-hybridized carbons (Fsp3) is 0.680. The fourth-order valence-corrected chi connectivity index (χ4v) is 3.70. The summed E-state index contributed by atoms with van der Waals surface area (Å²) >= 11 is 0. The number of ether oxygens (including phenoxy) is 3. The van der Waals surface area contributed by atoms with Gasteiger partial charge in [-0.05, 0) is 66.4 Å². The molecule has 2 amide bonds. The van der Waals surface area contributed by atoms with E-state index in [9.17, 15) is 9.59 Å². The molecule has 7 heteroatoms. The Bertz CT molecular complexity index is 779. The Balaban J connectivity index is 2.03. The topological polar surface area (TPSA) is 77.1 Å². The maximum absolute atomic E-state index is 12.7. The number of nitrogens with zero attached hydrogens (tertiary/aromatic N) is 1. The molecule has 32 heavy (non-hydrogen) atoms. The molecule has 2 atom stereocenters. The lowest BCUT2D eigenvalue weighted by Gasteiger charge is -2.29. The van der Waals surface area contributed by atoms with Gasteiger partial charge in [-0.15, -0.1) is 0 Å². The quantitative estimate of drug-likeness (QED) is 0.580. The molecule has 0 saturated carbocycles. The second kappa shape index (κ2) is 10.6. The van der Waals surface area contributed by atoms with Crippen molar-refractivity contribution >= 4 is 17.9 Å². The Kier molecular flexibility index (Phi) is 8.57. The Morgan fingerprint density at radius 2 is 1.69 bits per heavy atom. The number of para-hydroxylation sites is 1. The molecular weight excluding hydrogens is 408 g/mol. The van der Waals surface area contributed by atoms with E-state index in [-0.39, 0.29) is 18.2 Å². The van der Waals surface area contributed by atoms with E-state index in [2.05, 4.69) is 19.2 Å². The van der Waals surface area contributed by atoms with Gasteiger partial charge in [0.05, 0.1) is 19.3 Å². The maximum atomic E-state index is 12.7. The zero-order valence-electron chi connectivity index (χ0n) is 20.9. The van der Waals surface area contributed by atoms with E-state index in [0.717, 1.165) is 18.4 Å². The van der Waals surface area contributed by atoms with Gasteiger partial charge in [0, 0.05) is 17.3 Å². The highest BCUT2D eigenvalue weighted by molar-refractivity contribution is 5.85. The van der Waals surface area contributed by atoms with Crippen LogP contribution in [0.25, 0.3) is 0 Å². The monoisotopic (exact) mass is 448 g/mol. The number of likely N-dealkylation sites (tertiary alicyclic amines) is 1. The van der Waals surface area contributed by atoms with Gasteiger partial charge in [-0.3, -0.25) is 5.32 Å². The number of anilines is 1. The van der Waals surface area contributed by atoms with Crippen LogP contribution >= 0.6 is 0 Å². The summed E-state index contributed by atoms with van der Waals surface area (Å²) in [5, 5.41) is 2.80. The summed E-state index contributed by atoms with van der Waals surface area (Å²) < 4.78 is 17.2. The van der Waals surface area contributed by atoms with Crippen LogP contribution in [0.3, 0.4) is 0 Å². The molecule has 1 aliphatic rings. The van der Waals surface area contributed by atoms with E-state index in [1.807, 2.05) is 65.8 Å². The van der Waals surface area contributed by atoms with Gasteiger partial charge in [0.1, 0.15) is 11.2 Å². The summed E-state index contributed by atoms with van der Waals surface area (Å²) in [7, 11) is 0. The largest absolute Gasteiger partial charge is 0.444 e. The van der Waals surface area contributed by atoms with Gasteiger partial charge in [0.2, 0.25) is 0 Å². The number of hydrogen-bond acceptors (Lipinski definition) is 5. The van der Waals surface area contributed by atoms with Gasteiger partial charge in [0.15, 0.2) is 0 Å². The van der Waals surface area contributed by atoms with Crippen molar-refractivity contribution in [3.05, 3.63) is 29.8 Å². The number of benzene rings is 1. The molecule has 1 fully saturated rings. The van der Waals surface area contributed by atoms with Crippen molar-refractivity contribution in [2.24, 2.45) is 5.92 Å². The molecule has 1 aromatic rings. The molecule has 0 aromatic heterocycles. The molecule has 0 aliphatic carbocycles. The number of amides is 2. The highest BCUT2D eigenvalue weighted by atomic mass is 16.6. The zero-order valence-corrected chi connectivity index (χ0v) is 20.9. The van der Waals surface area contributed by atoms with E-state index in [0.29, 0.717) is 24.8 Å². The van der Waals surface area contributed by atoms with E-state index >= 15 is 0 Å². The van der Waals surface area contributed by atoms with Gasteiger partial charge in [-0.25, -0.2) is 9.59 Å². The van der Waals surface area contributed by atoms with Crippen molar-refractivity contribution in [1.29, 1.82) is 0 Å². The highest BCUT2D eigenvalue weighted by Crippen LogP contribution is 2.29. The van der Waals surface area contributed by atoms with Crippen LogP contribution in [0.4, 0.5) is 15.3 Å². The SMILES string of the molecule is CC(C)CC1CC(OCc2ccccc2NC(=O)OC(C)(C)C)CN1C(=O)OC(C)(C)C. The molecule has 2 rings (SSSR count). The second-order valence-electron chi connectivity index (χ2n) is 10.9. The average Bonchev–Trinajstić information content (AvgIpc) is 3.00. The van der Waals surface area contributed by atoms with Crippen LogP contribution in [0.1, 0.15) is 73.8 Å². The van der Waals surface area contributed by atoms with Crippen molar-refractivity contribution < 1.29 is 23.8 Å². The van der Waals surface area contributed by atoms with Gasteiger partial charge >= 0.3 is 12.2 Å². The standard InChI is InChI=1S/C25H40N2O5/c1-17(2)13-19-14-20(15-27(19)23(29)32-25(6,7)8)30-16-18-11-9-10-12-21(18)26-22(28)31-24(3,4)5/h9-12,17,19-20H,13-16H2,1-8H3,(H,26,28). The summed E-state index contributed by atoms with van der Waals surface area (Å²) in [5.41, 5.74) is 0.401. The van der Waals surface area contributed by atoms with Crippen molar-refractivity contribution in [3.63, 3.8) is 0 Å². The van der Waals surface area contributed by atoms with Gasteiger partial charge in [-0.1, -0.05) is 32.0 Å². The van der Waals surface area contributed by atoms with Crippen molar-refractivity contribution in [3.8, 4) is 0 Å². The summed E-state index contributed by atoms with van der Waals surface area (Å²) in [6, 6.07) is 7.59. The van der Waals surface area contributed by atoms with Crippen LogP contribution in [0.5, 0.6) is 0 Å². The zero-order chi connectivity index (χ0) is 24.1. The van der Waals surface area contributed by atoms with E-state index in [1.165, 1.54) is 0 Å². The van der Waals surface area contributed by atoms with Gasteiger partial charge in [-0.2, -0.15) is 0 Å². The van der Waals surface area contributed by atoms with Crippen LogP contribution in [-0.4, -0.2) is 47.0 Å². The Morgan fingerprint density at radius 1 is 1.06 bits per heavy atom. The molecular formula is C25H40N2O5. The minimum atomic E-state index is -0.573. The van der Waals surface area contributed by atoms with Gasteiger partial charge in [0.25, 0.3) is 0 Å². The Hall–Kier alpha value is -2.28. The second-order valence-corrected chi connectivity index (χ2v) is 10.9. The minimum absolute atomic E-state index is 0.0879. The third-order valence-electron chi connectivity index (χ3n) is 4.88. The first kappa shape index (κ1) is 26.0. The highest BCUT2D eigenvalue weighted by Gasteiger charge is 2.38. The molecule has 1 aliphatic heterocycles. The molecule has 0 bridgehead atoms. The van der Waals surface area contributed by atoms with Crippen LogP contribution in [-0.2, 0) is 20.8 Å². The van der Waals surface area contributed by atoms with E-state index in [4.69, 9.17) is 14.2 Å². The van der Waals surface area contributed by atoms with Crippen molar-refractivity contribution in [1.82, 2.24) is 4.90 Å². The molecule has 180 valence electrons. The predicted octanol–water partition coefficient (Wildman–Crippen LogP) is 5.97. The smallest absolute Gasteiger partial charge is 0.412 e. The number of nitrogens with one attached hydrogen (secondary N) is 1. The summed E-state index contributed by atoms with van der Waals surface area (Å²) in [5.74, 6) is 0.461. The first-order chi connectivity index (χ1) is 14.7. The summed E-state index contributed by atoms with van der Waals surface area (Å²) in [6.07, 6.45) is 0.774. The van der Waals surface area contributed by atoms with Crippen LogP contribution in [0.15, 0.2) is 24.3 Å². The molecule has 1 heterocycles. The number of carbonyl (C=O) groups is 2. The lowest BCUT2D eigenvalue weighted by molar-refractivity contribution is 0.0141. The predicted molar refractivity (Wildman–Crippen MR) is 126 cm³/mol. The summed E-state index contributed by atoms with van der Waals surface area (Å²) in [4.78, 5) is 26.7. The minimum Gasteiger partial charge on any atom is -0.444 e. The molecule has 7 nitrogen and oxygen atoms in total.